The summed E-state index contributed by atoms with van der Waals surface area (Å²) in [5.41, 5.74) is 1.81. The fraction of sp³-hybridized carbons (Fsp3) is 0.636. The topological polar surface area (TPSA) is 25.2 Å². The summed E-state index contributed by atoms with van der Waals surface area (Å²) in [5, 5.41) is 10.1. The zero-order valence-corrected chi connectivity index (χ0v) is 10.2. The molecule has 1 N–H and O–H groups in total. The second kappa shape index (κ2) is 4.41. The summed E-state index contributed by atoms with van der Waals surface area (Å²) in [6.07, 6.45) is 2.02. The van der Waals surface area contributed by atoms with E-state index in [2.05, 4.69) is 30.5 Å². The van der Waals surface area contributed by atoms with Crippen molar-refractivity contribution in [3.05, 3.63) is 23.5 Å². The summed E-state index contributed by atoms with van der Waals surface area (Å²) in [5.74, 6) is 0.768. The van der Waals surface area contributed by atoms with Gasteiger partial charge in [0, 0.05) is 17.1 Å². The molecule has 1 heterocycles. The maximum absolute atomic E-state index is 10.1. The Bertz CT molecular complexity index is 285. The van der Waals surface area contributed by atoms with Crippen LogP contribution in [-0.2, 0) is 6.54 Å². The summed E-state index contributed by atoms with van der Waals surface area (Å²) in [6, 6.07) is 4.18. The molecule has 1 atom stereocenters. The van der Waals surface area contributed by atoms with Gasteiger partial charge in [-0.2, -0.15) is 11.8 Å². The van der Waals surface area contributed by atoms with Crippen LogP contribution in [0.3, 0.4) is 0 Å². The smallest absolute Gasteiger partial charge is 0.0887 e. The lowest BCUT2D eigenvalue weighted by molar-refractivity contribution is 0.0655. The molecule has 0 bridgehead atoms. The standard InChI is InChI=1S/C11H19NOS/c1-9-5-6-10(2)12(9)7-11(3,13)8-14-4/h5-6,13H,7-8H2,1-4H3. The molecule has 14 heavy (non-hydrogen) atoms. The Hall–Kier alpha value is -0.410. The Balaban J connectivity index is 2.77. The Kier molecular flexibility index (Phi) is 3.67. The highest BCUT2D eigenvalue weighted by atomic mass is 32.2. The second-order valence-electron chi connectivity index (χ2n) is 4.13. The van der Waals surface area contributed by atoms with Crippen LogP contribution < -0.4 is 0 Å². The number of thioether (sulfide) groups is 1. The monoisotopic (exact) mass is 213 g/mol. The molecule has 0 radical (unpaired) electrons. The van der Waals surface area contributed by atoms with Gasteiger partial charge in [0.15, 0.2) is 0 Å². The summed E-state index contributed by atoms with van der Waals surface area (Å²) >= 11 is 1.68. The van der Waals surface area contributed by atoms with Crippen molar-refractivity contribution < 1.29 is 5.11 Å². The number of aryl methyl sites for hydroxylation is 2. The average molecular weight is 213 g/mol. The van der Waals surface area contributed by atoms with Gasteiger partial charge in [-0.1, -0.05) is 0 Å². The fourth-order valence-electron chi connectivity index (χ4n) is 1.65. The largest absolute Gasteiger partial charge is 0.387 e. The van der Waals surface area contributed by atoms with Gasteiger partial charge in [0.1, 0.15) is 0 Å². The number of rotatable bonds is 4. The Labute approximate surface area is 90.3 Å². The van der Waals surface area contributed by atoms with E-state index in [1.807, 2.05) is 13.2 Å². The Morgan fingerprint density at radius 1 is 1.36 bits per heavy atom. The van der Waals surface area contributed by atoms with Crippen LogP contribution in [0.5, 0.6) is 0 Å². The van der Waals surface area contributed by atoms with Crippen LogP contribution in [0.4, 0.5) is 0 Å². The van der Waals surface area contributed by atoms with E-state index >= 15 is 0 Å². The quantitative estimate of drug-likeness (QED) is 0.829. The highest BCUT2D eigenvalue weighted by molar-refractivity contribution is 7.98. The highest BCUT2D eigenvalue weighted by Gasteiger charge is 2.21. The third-order valence-electron chi connectivity index (χ3n) is 2.37. The van der Waals surface area contributed by atoms with Gasteiger partial charge in [0.05, 0.1) is 12.1 Å². The van der Waals surface area contributed by atoms with Crippen LogP contribution in [0.25, 0.3) is 0 Å². The van der Waals surface area contributed by atoms with Gasteiger partial charge < -0.3 is 9.67 Å². The molecule has 0 spiro atoms. The molecule has 80 valence electrons. The van der Waals surface area contributed by atoms with E-state index in [-0.39, 0.29) is 0 Å². The van der Waals surface area contributed by atoms with Gasteiger partial charge in [-0.15, -0.1) is 0 Å². The van der Waals surface area contributed by atoms with Crippen molar-refractivity contribution >= 4 is 11.8 Å². The van der Waals surface area contributed by atoms with E-state index in [4.69, 9.17) is 0 Å². The van der Waals surface area contributed by atoms with E-state index in [1.165, 1.54) is 11.4 Å². The van der Waals surface area contributed by atoms with Gasteiger partial charge in [0.2, 0.25) is 0 Å². The first-order valence-electron chi connectivity index (χ1n) is 4.80. The van der Waals surface area contributed by atoms with E-state index in [0.717, 1.165) is 5.75 Å². The minimum atomic E-state index is -0.617. The van der Waals surface area contributed by atoms with Crippen molar-refractivity contribution in [2.75, 3.05) is 12.0 Å². The molecular formula is C11H19NOS. The first-order valence-corrected chi connectivity index (χ1v) is 6.20. The van der Waals surface area contributed by atoms with E-state index in [1.54, 1.807) is 11.8 Å². The van der Waals surface area contributed by atoms with Gasteiger partial charge in [-0.05, 0) is 39.2 Å². The molecule has 3 heteroatoms. The van der Waals surface area contributed by atoms with Gasteiger partial charge in [-0.25, -0.2) is 0 Å². The summed E-state index contributed by atoms with van der Waals surface area (Å²) in [6.45, 7) is 6.71. The van der Waals surface area contributed by atoms with Crippen LogP contribution in [-0.4, -0.2) is 27.3 Å². The van der Waals surface area contributed by atoms with Crippen molar-refractivity contribution in [2.24, 2.45) is 0 Å². The molecule has 1 aromatic rings. The molecule has 2 nitrogen and oxygen atoms in total. The summed E-state index contributed by atoms with van der Waals surface area (Å²) in [4.78, 5) is 0. The number of nitrogens with zero attached hydrogens (tertiary/aromatic N) is 1. The van der Waals surface area contributed by atoms with Crippen molar-refractivity contribution in [3.8, 4) is 0 Å². The molecule has 0 aliphatic heterocycles. The molecule has 0 fully saturated rings. The SMILES string of the molecule is CSCC(C)(O)Cn1c(C)ccc1C. The third-order valence-corrected chi connectivity index (χ3v) is 3.28. The van der Waals surface area contributed by atoms with Gasteiger partial charge >= 0.3 is 0 Å². The Morgan fingerprint density at radius 2 is 1.86 bits per heavy atom. The first-order chi connectivity index (χ1) is 6.46. The van der Waals surface area contributed by atoms with Crippen molar-refractivity contribution in [3.63, 3.8) is 0 Å². The van der Waals surface area contributed by atoms with E-state index in [0.29, 0.717) is 6.54 Å². The van der Waals surface area contributed by atoms with Crippen molar-refractivity contribution in [2.45, 2.75) is 32.9 Å². The minimum Gasteiger partial charge on any atom is -0.387 e. The van der Waals surface area contributed by atoms with Crippen LogP contribution in [0.2, 0.25) is 0 Å². The molecule has 1 aromatic heterocycles. The minimum absolute atomic E-state index is 0.617. The summed E-state index contributed by atoms with van der Waals surface area (Å²) < 4.78 is 2.16. The average Bonchev–Trinajstić information content (AvgIpc) is 2.35. The zero-order valence-electron chi connectivity index (χ0n) is 9.37. The van der Waals surface area contributed by atoms with Gasteiger partial charge in [0.25, 0.3) is 0 Å². The number of aromatic nitrogens is 1. The lowest BCUT2D eigenvalue weighted by atomic mass is 10.1. The van der Waals surface area contributed by atoms with E-state index < -0.39 is 5.60 Å². The molecule has 1 rings (SSSR count). The fourth-order valence-corrected chi connectivity index (χ4v) is 2.36. The van der Waals surface area contributed by atoms with Crippen molar-refractivity contribution in [1.29, 1.82) is 0 Å². The van der Waals surface area contributed by atoms with E-state index in [9.17, 15) is 5.11 Å². The maximum Gasteiger partial charge on any atom is 0.0887 e. The third kappa shape index (κ3) is 2.79. The van der Waals surface area contributed by atoms with Crippen molar-refractivity contribution in [1.82, 2.24) is 4.57 Å². The zero-order chi connectivity index (χ0) is 10.8. The predicted molar refractivity (Wildman–Crippen MR) is 62.9 cm³/mol. The number of aliphatic hydroxyl groups is 1. The number of hydrogen-bond acceptors (Lipinski definition) is 2. The Morgan fingerprint density at radius 3 is 2.29 bits per heavy atom. The molecule has 0 saturated heterocycles. The normalized spacial score (nSPS) is 15.5. The molecule has 0 saturated carbocycles. The molecular weight excluding hydrogens is 194 g/mol. The second-order valence-corrected chi connectivity index (χ2v) is 5.00. The maximum atomic E-state index is 10.1. The lowest BCUT2D eigenvalue weighted by Gasteiger charge is -2.24. The van der Waals surface area contributed by atoms with Crippen LogP contribution in [0, 0.1) is 13.8 Å². The number of hydrogen-bond donors (Lipinski definition) is 1. The molecule has 0 aliphatic carbocycles. The molecule has 1 unspecified atom stereocenters. The van der Waals surface area contributed by atoms with Crippen LogP contribution in [0.1, 0.15) is 18.3 Å². The predicted octanol–water partition coefficient (Wildman–Crippen LogP) is 2.22. The molecule has 0 aliphatic rings. The molecule has 0 amide bonds. The molecule has 0 aromatic carbocycles. The van der Waals surface area contributed by atoms with Gasteiger partial charge in [-0.3, -0.25) is 0 Å². The lowest BCUT2D eigenvalue weighted by Crippen LogP contribution is -2.33. The highest BCUT2D eigenvalue weighted by Crippen LogP contribution is 2.17. The van der Waals surface area contributed by atoms with Crippen LogP contribution in [0.15, 0.2) is 12.1 Å². The summed E-state index contributed by atoms with van der Waals surface area (Å²) in [7, 11) is 0. The first kappa shape index (κ1) is 11.7. The van der Waals surface area contributed by atoms with Crippen LogP contribution >= 0.6 is 11.8 Å².